The average Bonchev–Trinajstić information content (AvgIpc) is 2.84. The third-order valence-corrected chi connectivity index (χ3v) is 5.84. The van der Waals surface area contributed by atoms with Crippen molar-refractivity contribution in [1.82, 2.24) is 5.43 Å². The van der Waals surface area contributed by atoms with Crippen LogP contribution in [0.3, 0.4) is 0 Å². The van der Waals surface area contributed by atoms with Crippen molar-refractivity contribution in [3.8, 4) is 0 Å². The highest BCUT2D eigenvalue weighted by Gasteiger charge is 2.20. The van der Waals surface area contributed by atoms with E-state index >= 15 is 0 Å². The molecule has 3 rings (SSSR count). The highest BCUT2D eigenvalue weighted by Crippen LogP contribution is 2.22. The number of anilines is 1. The highest BCUT2D eigenvalue weighted by atomic mass is 35.5. The molecule has 0 saturated carbocycles. The Morgan fingerprint density at radius 2 is 1.61 bits per heavy atom. The molecule has 33 heavy (non-hydrogen) atoms. The minimum Gasteiger partial charge on any atom is -0.369 e. The van der Waals surface area contributed by atoms with Crippen LogP contribution in [0.25, 0.3) is 0 Å². The van der Waals surface area contributed by atoms with Crippen LogP contribution < -0.4 is 10.3 Å². The van der Waals surface area contributed by atoms with Gasteiger partial charge < -0.3 is 4.90 Å². The van der Waals surface area contributed by atoms with Crippen LogP contribution in [0.5, 0.6) is 0 Å². The van der Waals surface area contributed by atoms with Gasteiger partial charge in [-0.15, -0.1) is 23.2 Å². The van der Waals surface area contributed by atoms with E-state index in [-0.39, 0.29) is 11.8 Å². The number of nitrogens with one attached hydrogen (secondary N) is 1. The number of hydrazone groups is 1. The van der Waals surface area contributed by atoms with Crippen molar-refractivity contribution in [3.63, 3.8) is 0 Å². The van der Waals surface area contributed by atoms with Gasteiger partial charge in [0.1, 0.15) is 0 Å². The Balaban J connectivity index is 1.71. The summed E-state index contributed by atoms with van der Waals surface area (Å²) in [5, 5.41) is 4.26. The molecule has 0 unspecified atom stereocenters. The number of nitrogens with zero attached hydrogens (tertiary/aromatic N) is 2. The van der Waals surface area contributed by atoms with Gasteiger partial charge in [0.25, 0.3) is 0 Å². The largest absolute Gasteiger partial charge is 0.369 e. The predicted octanol–water partition coefficient (Wildman–Crippen LogP) is 5.76. The van der Waals surface area contributed by atoms with Crippen LogP contribution in [-0.2, 0) is 11.2 Å². The summed E-state index contributed by atoms with van der Waals surface area (Å²) in [7, 11) is 0. The Morgan fingerprint density at radius 1 is 0.970 bits per heavy atom. The number of carbonyl (C=O) groups is 1. The molecule has 0 aliphatic rings. The van der Waals surface area contributed by atoms with Gasteiger partial charge in [0.05, 0.1) is 12.1 Å². The number of alkyl halides is 2. The van der Waals surface area contributed by atoms with Gasteiger partial charge in [0.15, 0.2) is 0 Å². The topological polar surface area (TPSA) is 44.7 Å². The molecule has 0 spiro atoms. The van der Waals surface area contributed by atoms with Gasteiger partial charge in [-0.3, -0.25) is 4.79 Å². The van der Waals surface area contributed by atoms with E-state index in [0.29, 0.717) is 18.2 Å². The molecule has 4 nitrogen and oxygen atoms in total. The van der Waals surface area contributed by atoms with Crippen LogP contribution in [0, 0.1) is 6.92 Å². The number of carbonyl (C=O) groups excluding carboxylic acids is 1. The van der Waals surface area contributed by atoms with Crippen molar-refractivity contribution < 1.29 is 4.79 Å². The molecular weight excluding hydrogens is 453 g/mol. The molecule has 0 aliphatic heterocycles. The molecule has 0 fully saturated rings. The number of amides is 1. The maximum absolute atomic E-state index is 13.1. The van der Waals surface area contributed by atoms with Gasteiger partial charge in [-0.05, 0) is 47.7 Å². The fourth-order valence-electron chi connectivity index (χ4n) is 3.72. The number of hydrogen-bond donors (Lipinski definition) is 1. The van der Waals surface area contributed by atoms with Crippen molar-refractivity contribution in [2.75, 3.05) is 29.7 Å². The summed E-state index contributed by atoms with van der Waals surface area (Å²) in [5.41, 5.74) is 7.88. The smallest absolute Gasteiger partial charge is 0.247 e. The van der Waals surface area contributed by atoms with Crippen LogP contribution in [0.2, 0.25) is 0 Å². The second kappa shape index (κ2) is 13.0. The van der Waals surface area contributed by atoms with Gasteiger partial charge in [-0.1, -0.05) is 66.7 Å². The van der Waals surface area contributed by atoms with E-state index in [4.69, 9.17) is 23.2 Å². The lowest BCUT2D eigenvalue weighted by Crippen LogP contribution is -2.27. The maximum Gasteiger partial charge on any atom is 0.247 e. The molecule has 1 atom stereocenters. The van der Waals surface area contributed by atoms with Crippen LogP contribution in [0.4, 0.5) is 5.69 Å². The van der Waals surface area contributed by atoms with Crippen LogP contribution in [-0.4, -0.2) is 37.0 Å². The normalized spacial score (nSPS) is 12.0. The first-order valence-corrected chi connectivity index (χ1v) is 12.1. The van der Waals surface area contributed by atoms with Gasteiger partial charge in [-0.25, -0.2) is 5.43 Å². The molecule has 3 aromatic rings. The molecule has 1 amide bonds. The summed E-state index contributed by atoms with van der Waals surface area (Å²) in [6, 6.07) is 25.9. The zero-order valence-corrected chi connectivity index (χ0v) is 20.3. The van der Waals surface area contributed by atoms with E-state index < -0.39 is 0 Å². The maximum atomic E-state index is 13.1. The van der Waals surface area contributed by atoms with Crippen LogP contribution in [0.15, 0.2) is 84.0 Å². The second-order valence-electron chi connectivity index (χ2n) is 7.79. The van der Waals surface area contributed by atoms with Crippen molar-refractivity contribution in [1.29, 1.82) is 0 Å². The molecule has 0 saturated heterocycles. The Labute approximate surface area is 206 Å². The third-order valence-electron chi connectivity index (χ3n) is 5.51. The Hall–Kier alpha value is -2.82. The minimum absolute atomic E-state index is 0.133. The summed E-state index contributed by atoms with van der Waals surface area (Å²) in [4.78, 5) is 15.2. The first-order valence-electron chi connectivity index (χ1n) is 11.0. The molecule has 0 aromatic heterocycles. The standard InChI is InChI=1S/C27H29Cl2N3O/c1-21-18-25(32(16-14-28)17-15-29)13-12-24(21)20-30-31-27(33)26(23-10-6-3-7-11-23)19-22-8-4-2-5-9-22/h2-13,18,20,26H,14-17,19H2,1H3,(H,31,33)/b30-20+/t26-/m0/s1. The predicted molar refractivity (Wildman–Crippen MR) is 140 cm³/mol. The van der Waals surface area contributed by atoms with E-state index in [1.54, 1.807) is 6.21 Å². The molecule has 0 bridgehead atoms. The quantitative estimate of drug-likeness (QED) is 0.215. The number of aryl methyl sites for hydroxylation is 1. The summed E-state index contributed by atoms with van der Waals surface area (Å²) in [6.07, 6.45) is 2.30. The fraction of sp³-hybridized carbons (Fsp3) is 0.259. The van der Waals surface area contributed by atoms with E-state index in [1.165, 1.54) is 0 Å². The SMILES string of the molecule is Cc1cc(N(CCCl)CCCl)ccc1/C=N/NC(=O)[C@@H](Cc1ccccc1)c1ccccc1. The lowest BCUT2D eigenvalue weighted by Gasteiger charge is -2.23. The van der Waals surface area contributed by atoms with E-state index in [9.17, 15) is 4.79 Å². The van der Waals surface area contributed by atoms with Crippen molar-refractivity contribution in [2.45, 2.75) is 19.3 Å². The Kier molecular flexibility index (Phi) is 9.79. The van der Waals surface area contributed by atoms with E-state index in [2.05, 4.69) is 21.5 Å². The van der Waals surface area contributed by atoms with Gasteiger partial charge >= 0.3 is 0 Å². The van der Waals surface area contributed by atoms with Crippen molar-refractivity contribution in [3.05, 3.63) is 101 Å². The number of rotatable bonds is 11. The first-order chi connectivity index (χ1) is 16.1. The Bertz CT molecular complexity index is 1040. The third kappa shape index (κ3) is 7.34. The van der Waals surface area contributed by atoms with Crippen LogP contribution in [0.1, 0.15) is 28.2 Å². The average molecular weight is 482 g/mol. The van der Waals surface area contributed by atoms with Gasteiger partial charge in [0, 0.05) is 30.5 Å². The lowest BCUT2D eigenvalue weighted by molar-refractivity contribution is -0.122. The second-order valence-corrected chi connectivity index (χ2v) is 8.55. The zero-order valence-electron chi connectivity index (χ0n) is 18.8. The lowest BCUT2D eigenvalue weighted by atomic mass is 9.91. The molecule has 172 valence electrons. The number of hydrogen-bond acceptors (Lipinski definition) is 3. The monoisotopic (exact) mass is 481 g/mol. The Morgan fingerprint density at radius 3 is 2.21 bits per heavy atom. The zero-order chi connectivity index (χ0) is 23.5. The van der Waals surface area contributed by atoms with Crippen molar-refractivity contribution in [2.24, 2.45) is 5.10 Å². The van der Waals surface area contributed by atoms with Gasteiger partial charge in [-0.2, -0.15) is 5.10 Å². The summed E-state index contributed by atoms with van der Waals surface area (Å²) in [5.74, 6) is 0.618. The summed E-state index contributed by atoms with van der Waals surface area (Å²) < 4.78 is 0. The van der Waals surface area contributed by atoms with E-state index in [0.717, 1.165) is 41.0 Å². The number of halogens is 2. The molecule has 0 heterocycles. The van der Waals surface area contributed by atoms with Gasteiger partial charge in [0.2, 0.25) is 5.91 Å². The summed E-state index contributed by atoms with van der Waals surface area (Å²) >= 11 is 11.9. The molecule has 0 radical (unpaired) electrons. The molecule has 1 N–H and O–H groups in total. The summed E-state index contributed by atoms with van der Waals surface area (Å²) in [6.45, 7) is 3.49. The van der Waals surface area contributed by atoms with Crippen molar-refractivity contribution >= 4 is 41.0 Å². The molecule has 0 aliphatic carbocycles. The molecule has 6 heteroatoms. The highest BCUT2D eigenvalue weighted by molar-refractivity contribution is 6.18. The van der Waals surface area contributed by atoms with Crippen LogP contribution >= 0.6 is 23.2 Å². The fourth-order valence-corrected chi connectivity index (χ4v) is 4.12. The first kappa shape index (κ1) is 24.8. The molecular formula is C27H29Cl2N3O. The number of benzene rings is 3. The molecule has 3 aromatic carbocycles. The minimum atomic E-state index is -0.325. The van der Waals surface area contributed by atoms with E-state index in [1.807, 2.05) is 79.7 Å².